The molecule has 0 saturated carbocycles. The fourth-order valence-corrected chi connectivity index (χ4v) is 4.18. The van der Waals surface area contributed by atoms with Gasteiger partial charge in [-0.3, -0.25) is 0 Å². The van der Waals surface area contributed by atoms with E-state index >= 15 is 0 Å². The molecule has 0 fully saturated rings. The molecular weight excluding hydrogens is 342 g/mol. The highest BCUT2D eigenvalue weighted by molar-refractivity contribution is 5.52. The summed E-state index contributed by atoms with van der Waals surface area (Å²) in [4.78, 5) is 0. The second kappa shape index (κ2) is 7.31. The maximum atomic E-state index is 5.87. The maximum absolute atomic E-state index is 5.87. The molecule has 2 aromatic carbocycles. The lowest BCUT2D eigenvalue weighted by molar-refractivity contribution is 0.174. The van der Waals surface area contributed by atoms with E-state index in [1.165, 1.54) is 16.7 Å². The van der Waals surface area contributed by atoms with Gasteiger partial charge in [0.2, 0.25) is 6.79 Å². The summed E-state index contributed by atoms with van der Waals surface area (Å²) >= 11 is 0. The molecule has 1 aliphatic heterocycles. The highest BCUT2D eigenvalue weighted by Crippen LogP contribution is 2.46. The number of aryl methyl sites for hydroxylation is 1. The van der Waals surface area contributed by atoms with Crippen LogP contribution in [0, 0.1) is 0 Å². The van der Waals surface area contributed by atoms with Crippen molar-refractivity contribution >= 4 is 0 Å². The molecule has 1 aliphatic carbocycles. The monoisotopic (exact) mass is 369 g/mol. The minimum Gasteiger partial charge on any atom is -0.493 e. The molecule has 0 radical (unpaired) electrons. The topological polar surface area (TPSA) is 49.0 Å². The fraction of sp³-hybridized carbons (Fsp3) is 0.455. The van der Waals surface area contributed by atoms with Gasteiger partial charge in [-0.05, 0) is 74.7 Å². The summed E-state index contributed by atoms with van der Waals surface area (Å²) in [6.45, 7) is 4.35. The van der Waals surface area contributed by atoms with Crippen LogP contribution in [0.2, 0.25) is 0 Å². The van der Waals surface area contributed by atoms with Crippen LogP contribution >= 0.6 is 0 Å². The number of methoxy groups -OCH3 is 1. The predicted molar refractivity (Wildman–Crippen MR) is 104 cm³/mol. The first kappa shape index (κ1) is 18.0. The summed E-state index contributed by atoms with van der Waals surface area (Å²) in [5, 5.41) is 3.52. The zero-order valence-corrected chi connectivity index (χ0v) is 16.4. The van der Waals surface area contributed by atoms with Gasteiger partial charge in [-0.2, -0.15) is 0 Å². The summed E-state index contributed by atoms with van der Waals surface area (Å²) < 4.78 is 22.6. The highest BCUT2D eigenvalue weighted by Gasteiger charge is 2.32. The maximum Gasteiger partial charge on any atom is 0.231 e. The Morgan fingerprint density at radius 1 is 1.07 bits per heavy atom. The molecule has 2 atom stereocenters. The second-order valence-corrected chi connectivity index (χ2v) is 7.39. The predicted octanol–water partition coefficient (Wildman–Crippen LogP) is 4.20. The molecule has 144 valence electrons. The van der Waals surface area contributed by atoms with Crippen LogP contribution in [0.1, 0.15) is 48.9 Å². The van der Waals surface area contributed by atoms with Crippen molar-refractivity contribution in [1.29, 1.82) is 0 Å². The van der Waals surface area contributed by atoms with Gasteiger partial charge in [-0.25, -0.2) is 0 Å². The summed E-state index contributed by atoms with van der Waals surface area (Å²) in [6.07, 6.45) is 2.19. The molecule has 5 nitrogen and oxygen atoms in total. The van der Waals surface area contributed by atoms with Gasteiger partial charge in [0, 0.05) is 12.0 Å². The lowest BCUT2D eigenvalue weighted by Gasteiger charge is -2.34. The fourth-order valence-electron chi connectivity index (χ4n) is 4.18. The molecule has 5 heteroatoms. The molecular formula is C22H27NO4. The number of hydrogen-bond donors (Lipinski definition) is 1. The first-order chi connectivity index (χ1) is 13.1. The van der Waals surface area contributed by atoms with Gasteiger partial charge in [0.05, 0.1) is 13.2 Å². The number of rotatable bonds is 5. The highest BCUT2D eigenvalue weighted by atomic mass is 16.7. The van der Waals surface area contributed by atoms with Gasteiger partial charge >= 0.3 is 0 Å². The van der Waals surface area contributed by atoms with Gasteiger partial charge in [-0.15, -0.1) is 0 Å². The number of ether oxygens (including phenoxy) is 4. The third-order valence-electron chi connectivity index (χ3n) is 5.39. The molecule has 4 rings (SSSR count). The number of likely N-dealkylation sites (N-methyl/N-ethyl adjacent to an activating group) is 1. The lowest BCUT2D eigenvalue weighted by Crippen LogP contribution is -2.29. The van der Waals surface area contributed by atoms with E-state index in [-0.39, 0.29) is 12.1 Å². The molecule has 1 N–H and O–H groups in total. The van der Waals surface area contributed by atoms with E-state index in [2.05, 4.69) is 29.6 Å². The molecule has 0 unspecified atom stereocenters. The molecule has 0 saturated heterocycles. The quantitative estimate of drug-likeness (QED) is 0.856. The number of fused-ring (bicyclic) bond motifs is 2. The standard InChI is InChI=1S/C22H27NO4/c1-13(2)27-18-8-6-14(9-19(18)24-4)16-7-5-15-10-20-21(26-12-25-20)11-17(15)22(16)23-3/h6,8-11,13,16,22-23H,5,7,12H2,1-4H3/t16-,22+/m1/s1. The zero-order valence-electron chi connectivity index (χ0n) is 16.4. The number of nitrogens with one attached hydrogen (secondary N) is 1. The zero-order chi connectivity index (χ0) is 19.0. The van der Waals surface area contributed by atoms with E-state index in [0.29, 0.717) is 12.7 Å². The van der Waals surface area contributed by atoms with Crippen molar-refractivity contribution in [3.63, 3.8) is 0 Å². The Labute approximate surface area is 160 Å². The summed E-state index contributed by atoms with van der Waals surface area (Å²) in [5.41, 5.74) is 3.88. The van der Waals surface area contributed by atoms with E-state index in [9.17, 15) is 0 Å². The van der Waals surface area contributed by atoms with E-state index < -0.39 is 0 Å². The van der Waals surface area contributed by atoms with Crippen LogP contribution in [0.25, 0.3) is 0 Å². The van der Waals surface area contributed by atoms with Crippen molar-refractivity contribution in [2.75, 3.05) is 21.0 Å². The van der Waals surface area contributed by atoms with Gasteiger partial charge in [-0.1, -0.05) is 6.07 Å². The lowest BCUT2D eigenvalue weighted by atomic mass is 9.76. The van der Waals surface area contributed by atoms with Gasteiger partial charge in [0.25, 0.3) is 0 Å². The van der Waals surface area contributed by atoms with Crippen molar-refractivity contribution in [3.05, 3.63) is 47.0 Å². The largest absolute Gasteiger partial charge is 0.493 e. The van der Waals surface area contributed by atoms with E-state index in [1.54, 1.807) is 7.11 Å². The average molecular weight is 369 g/mol. The van der Waals surface area contributed by atoms with Crippen LogP contribution < -0.4 is 24.3 Å². The first-order valence-corrected chi connectivity index (χ1v) is 9.55. The van der Waals surface area contributed by atoms with E-state index in [4.69, 9.17) is 18.9 Å². The van der Waals surface area contributed by atoms with Gasteiger partial charge in [0.1, 0.15) is 0 Å². The molecule has 0 bridgehead atoms. The summed E-state index contributed by atoms with van der Waals surface area (Å²) in [6, 6.07) is 10.8. The molecule has 2 aromatic rings. The minimum absolute atomic E-state index is 0.112. The van der Waals surface area contributed by atoms with Crippen molar-refractivity contribution in [2.24, 2.45) is 0 Å². The summed E-state index contributed by atoms with van der Waals surface area (Å²) in [5.74, 6) is 3.63. The normalized spacial score (nSPS) is 20.5. The molecule has 2 aliphatic rings. The Balaban J connectivity index is 1.68. The van der Waals surface area contributed by atoms with Gasteiger partial charge in [0.15, 0.2) is 23.0 Å². The summed E-state index contributed by atoms with van der Waals surface area (Å²) in [7, 11) is 3.71. The van der Waals surface area contributed by atoms with Crippen LogP contribution in [-0.4, -0.2) is 27.1 Å². The SMILES string of the molecule is CN[C@@H]1c2cc3c(cc2CC[C@@H]1c1ccc(OC(C)C)c(OC)c1)OCO3. The smallest absolute Gasteiger partial charge is 0.231 e. The number of hydrogen-bond acceptors (Lipinski definition) is 5. The Morgan fingerprint density at radius 3 is 2.56 bits per heavy atom. The van der Waals surface area contributed by atoms with Crippen molar-refractivity contribution in [1.82, 2.24) is 5.32 Å². The molecule has 1 heterocycles. The van der Waals surface area contributed by atoms with Crippen molar-refractivity contribution in [3.8, 4) is 23.0 Å². The second-order valence-electron chi connectivity index (χ2n) is 7.39. The van der Waals surface area contributed by atoms with Crippen LogP contribution in [0.5, 0.6) is 23.0 Å². The molecule has 0 aromatic heterocycles. The molecule has 27 heavy (non-hydrogen) atoms. The van der Waals surface area contributed by atoms with Crippen LogP contribution in [-0.2, 0) is 6.42 Å². The van der Waals surface area contributed by atoms with E-state index in [0.717, 1.165) is 35.8 Å². The van der Waals surface area contributed by atoms with E-state index in [1.807, 2.05) is 27.0 Å². The first-order valence-electron chi connectivity index (χ1n) is 9.55. The molecule has 0 amide bonds. The van der Waals surface area contributed by atoms with Crippen LogP contribution in [0.4, 0.5) is 0 Å². The minimum atomic E-state index is 0.112. The third-order valence-corrected chi connectivity index (χ3v) is 5.39. The average Bonchev–Trinajstić information content (AvgIpc) is 3.12. The third kappa shape index (κ3) is 3.32. The number of benzene rings is 2. The van der Waals surface area contributed by atoms with Crippen LogP contribution in [0.3, 0.4) is 0 Å². The Bertz CT molecular complexity index is 833. The van der Waals surface area contributed by atoms with Crippen molar-refractivity contribution in [2.45, 2.75) is 44.8 Å². The van der Waals surface area contributed by atoms with Crippen molar-refractivity contribution < 1.29 is 18.9 Å². The molecule has 0 spiro atoms. The Kier molecular flexibility index (Phi) is 4.87. The van der Waals surface area contributed by atoms with Gasteiger partial charge < -0.3 is 24.3 Å². The Hall–Kier alpha value is -2.40. The van der Waals surface area contributed by atoms with Crippen LogP contribution in [0.15, 0.2) is 30.3 Å². The Morgan fingerprint density at radius 2 is 1.85 bits per heavy atom.